The van der Waals surface area contributed by atoms with Crippen LogP contribution in [0.2, 0.25) is 0 Å². The summed E-state index contributed by atoms with van der Waals surface area (Å²) >= 11 is 0. The van der Waals surface area contributed by atoms with Gasteiger partial charge in [-0.2, -0.15) is 0 Å². The molecule has 0 spiro atoms. The van der Waals surface area contributed by atoms with Gasteiger partial charge in [-0.05, 0) is 95.4 Å². The minimum atomic E-state index is -0.314. The Morgan fingerprint density at radius 3 is 2.42 bits per heavy atom. The van der Waals surface area contributed by atoms with Gasteiger partial charge in [-0.1, -0.05) is 47.1 Å². The summed E-state index contributed by atoms with van der Waals surface area (Å²) < 4.78 is 11.2. The van der Waals surface area contributed by atoms with Crippen molar-refractivity contribution in [1.82, 2.24) is 0 Å². The van der Waals surface area contributed by atoms with Gasteiger partial charge in [0.25, 0.3) is 0 Å². The van der Waals surface area contributed by atoms with Gasteiger partial charge in [0.15, 0.2) is 0 Å². The van der Waals surface area contributed by atoms with Gasteiger partial charge in [-0.15, -0.1) is 0 Å². The Morgan fingerprint density at radius 1 is 1.06 bits per heavy atom. The van der Waals surface area contributed by atoms with E-state index in [4.69, 9.17) is 9.47 Å². The first-order valence-corrected chi connectivity index (χ1v) is 11.7. The zero-order valence-electron chi connectivity index (χ0n) is 19.9. The Bertz CT molecular complexity index is 970. The number of esters is 1. The Kier molecular flexibility index (Phi) is 5.66. The minimum absolute atomic E-state index is 0.145. The molecule has 0 saturated heterocycles. The SMILES string of the molecule is COc1ccc(C(=O)Oc2cc3c(cc2C(C)C)CC[C@H]2C(C)(C)CCC[C@]32C)cc1. The number of hydrogen-bond donors (Lipinski definition) is 0. The molecule has 0 amide bonds. The lowest BCUT2D eigenvalue weighted by molar-refractivity contribution is 0.0404. The standard InChI is InChI=1S/C28H36O3/c1-18(2)22-16-20-10-13-25-27(3,4)14-7-15-28(25,5)23(20)17-24(22)31-26(29)19-8-11-21(30-6)12-9-19/h8-9,11-12,16-18,25H,7,10,13-15H2,1-6H3/t25-,28+/m0/s1. The van der Waals surface area contributed by atoms with Crippen molar-refractivity contribution >= 4 is 5.97 Å². The molecule has 0 radical (unpaired) electrons. The smallest absolute Gasteiger partial charge is 0.343 e. The van der Waals surface area contributed by atoms with E-state index < -0.39 is 0 Å². The molecule has 2 aliphatic rings. The summed E-state index contributed by atoms with van der Waals surface area (Å²) in [5.74, 6) is 2.09. The van der Waals surface area contributed by atoms with Crippen molar-refractivity contribution in [1.29, 1.82) is 0 Å². The molecule has 0 bridgehead atoms. The van der Waals surface area contributed by atoms with Crippen molar-refractivity contribution in [2.45, 2.75) is 78.1 Å². The van der Waals surface area contributed by atoms with Gasteiger partial charge < -0.3 is 9.47 Å². The normalized spacial score (nSPS) is 24.3. The van der Waals surface area contributed by atoms with Crippen LogP contribution < -0.4 is 9.47 Å². The summed E-state index contributed by atoms with van der Waals surface area (Å²) in [5.41, 5.74) is 5.00. The van der Waals surface area contributed by atoms with E-state index >= 15 is 0 Å². The molecule has 2 atom stereocenters. The first-order chi connectivity index (χ1) is 14.7. The monoisotopic (exact) mass is 420 g/mol. The van der Waals surface area contributed by atoms with E-state index in [9.17, 15) is 4.79 Å². The summed E-state index contributed by atoms with van der Waals surface area (Å²) in [6.45, 7) is 11.7. The molecule has 31 heavy (non-hydrogen) atoms. The molecule has 166 valence electrons. The minimum Gasteiger partial charge on any atom is -0.497 e. The maximum atomic E-state index is 13.0. The maximum Gasteiger partial charge on any atom is 0.343 e. The molecule has 2 aromatic carbocycles. The van der Waals surface area contributed by atoms with Gasteiger partial charge in [0.05, 0.1) is 12.7 Å². The highest BCUT2D eigenvalue weighted by Gasteiger charge is 2.50. The first kappa shape index (κ1) is 21.9. The molecule has 1 saturated carbocycles. The van der Waals surface area contributed by atoms with Crippen LogP contribution >= 0.6 is 0 Å². The molecule has 2 aliphatic carbocycles. The average molecular weight is 421 g/mol. The van der Waals surface area contributed by atoms with E-state index in [-0.39, 0.29) is 17.3 Å². The molecule has 2 aromatic rings. The van der Waals surface area contributed by atoms with Crippen LogP contribution in [-0.2, 0) is 11.8 Å². The van der Waals surface area contributed by atoms with E-state index in [0.29, 0.717) is 16.9 Å². The third-order valence-corrected chi connectivity index (χ3v) is 7.93. The highest BCUT2D eigenvalue weighted by Crippen LogP contribution is 2.57. The van der Waals surface area contributed by atoms with Crippen LogP contribution in [0.15, 0.2) is 36.4 Å². The molecule has 0 aliphatic heterocycles. The topological polar surface area (TPSA) is 35.5 Å². The van der Waals surface area contributed by atoms with Gasteiger partial charge in [0.2, 0.25) is 0 Å². The lowest BCUT2D eigenvalue weighted by atomic mass is 9.50. The summed E-state index contributed by atoms with van der Waals surface area (Å²) in [6.07, 6.45) is 6.13. The second-order valence-corrected chi connectivity index (χ2v) is 10.7. The molecular weight excluding hydrogens is 384 g/mol. The van der Waals surface area contributed by atoms with Crippen LogP contribution in [0, 0.1) is 11.3 Å². The number of carbonyl (C=O) groups excluding carboxylic acids is 1. The van der Waals surface area contributed by atoms with Gasteiger partial charge in [-0.3, -0.25) is 0 Å². The zero-order valence-corrected chi connectivity index (χ0v) is 19.9. The predicted molar refractivity (Wildman–Crippen MR) is 125 cm³/mol. The molecule has 3 nitrogen and oxygen atoms in total. The highest BCUT2D eigenvalue weighted by molar-refractivity contribution is 5.91. The van der Waals surface area contributed by atoms with Crippen molar-refractivity contribution in [2.24, 2.45) is 11.3 Å². The van der Waals surface area contributed by atoms with E-state index in [2.05, 4.69) is 46.8 Å². The van der Waals surface area contributed by atoms with Crippen molar-refractivity contribution < 1.29 is 14.3 Å². The van der Waals surface area contributed by atoms with E-state index in [1.165, 1.54) is 36.8 Å². The van der Waals surface area contributed by atoms with Crippen LogP contribution in [0.1, 0.15) is 93.3 Å². The van der Waals surface area contributed by atoms with Crippen LogP contribution in [0.3, 0.4) is 0 Å². The number of hydrogen-bond acceptors (Lipinski definition) is 3. The van der Waals surface area contributed by atoms with Gasteiger partial charge in [-0.25, -0.2) is 4.79 Å². The zero-order chi connectivity index (χ0) is 22.4. The number of fused-ring (bicyclic) bond motifs is 3. The van der Waals surface area contributed by atoms with Crippen LogP contribution in [0.5, 0.6) is 11.5 Å². The van der Waals surface area contributed by atoms with E-state index in [0.717, 1.165) is 23.5 Å². The second-order valence-electron chi connectivity index (χ2n) is 10.7. The number of carbonyl (C=O) groups is 1. The summed E-state index contributed by atoms with van der Waals surface area (Å²) in [6, 6.07) is 11.6. The number of aryl methyl sites for hydroxylation is 1. The Hall–Kier alpha value is -2.29. The number of benzene rings is 2. The quantitative estimate of drug-likeness (QED) is 0.392. The molecule has 3 heteroatoms. The molecule has 4 rings (SSSR count). The lowest BCUT2D eigenvalue weighted by Gasteiger charge is -2.54. The fourth-order valence-electron chi connectivity index (χ4n) is 6.26. The van der Waals surface area contributed by atoms with Gasteiger partial charge >= 0.3 is 5.97 Å². The molecule has 0 heterocycles. The van der Waals surface area contributed by atoms with Crippen molar-refractivity contribution in [3.8, 4) is 11.5 Å². The number of methoxy groups -OCH3 is 1. The summed E-state index contributed by atoms with van der Waals surface area (Å²) in [4.78, 5) is 13.0. The summed E-state index contributed by atoms with van der Waals surface area (Å²) in [5, 5.41) is 0. The predicted octanol–water partition coefficient (Wildman–Crippen LogP) is 7.07. The van der Waals surface area contributed by atoms with Crippen molar-refractivity contribution in [2.75, 3.05) is 7.11 Å². The highest BCUT2D eigenvalue weighted by atomic mass is 16.5. The van der Waals surface area contributed by atoms with Gasteiger partial charge in [0, 0.05) is 0 Å². The van der Waals surface area contributed by atoms with Crippen molar-refractivity contribution in [3.63, 3.8) is 0 Å². The average Bonchev–Trinajstić information content (AvgIpc) is 2.73. The van der Waals surface area contributed by atoms with Crippen LogP contribution in [0.25, 0.3) is 0 Å². The molecular formula is C28H36O3. The number of ether oxygens (including phenoxy) is 2. The largest absolute Gasteiger partial charge is 0.497 e. The third-order valence-electron chi connectivity index (χ3n) is 7.93. The third kappa shape index (κ3) is 3.88. The molecule has 1 fully saturated rings. The molecule has 0 N–H and O–H groups in total. The fraction of sp³-hybridized carbons (Fsp3) is 0.536. The second kappa shape index (κ2) is 8.00. The van der Waals surface area contributed by atoms with Crippen LogP contribution in [-0.4, -0.2) is 13.1 Å². The van der Waals surface area contributed by atoms with E-state index in [1.807, 2.05) is 0 Å². The number of rotatable bonds is 4. The fourth-order valence-corrected chi connectivity index (χ4v) is 6.26. The summed E-state index contributed by atoms with van der Waals surface area (Å²) in [7, 11) is 1.62. The Morgan fingerprint density at radius 2 is 1.77 bits per heavy atom. The first-order valence-electron chi connectivity index (χ1n) is 11.7. The van der Waals surface area contributed by atoms with Crippen LogP contribution in [0.4, 0.5) is 0 Å². The van der Waals surface area contributed by atoms with Crippen molar-refractivity contribution in [3.05, 3.63) is 58.7 Å². The van der Waals surface area contributed by atoms with Gasteiger partial charge in [0.1, 0.15) is 11.5 Å². The maximum absolute atomic E-state index is 13.0. The Balaban J connectivity index is 1.73. The van der Waals surface area contributed by atoms with E-state index in [1.54, 1.807) is 31.4 Å². The lowest BCUT2D eigenvalue weighted by Crippen LogP contribution is -2.47. The molecule has 0 aromatic heterocycles. The molecule has 0 unspecified atom stereocenters. The Labute approximate surface area is 187 Å².